The largest absolute Gasteiger partial charge is 0.393 e. The average molecular weight is 785 g/mol. The molecule has 0 unspecified atom stereocenters. The lowest BCUT2D eigenvalue weighted by molar-refractivity contribution is -0.133. The molecule has 10 rings (SSSR count). The van der Waals surface area contributed by atoms with Crippen LogP contribution in [0.2, 0.25) is 0 Å². The van der Waals surface area contributed by atoms with E-state index in [-0.39, 0.29) is 24.3 Å². The van der Waals surface area contributed by atoms with Gasteiger partial charge in [0.1, 0.15) is 32.9 Å². The molecule has 4 aliphatic carbocycles. The second-order valence-corrected chi connectivity index (χ2v) is 19.0. The van der Waals surface area contributed by atoms with Gasteiger partial charge in [0.05, 0.1) is 29.7 Å². The Morgan fingerprint density at radius 3 is 1.49 bits per heavy atom. The summed E-state index contributed by atoms with van der Waals surface area (Å²) in [5.74, 6) is 3.72. The molecule has 2 aliphatic heterocycles. The Morgan fingerprint density at radius 2 is 1.04 bits per heavy atom. The van der Waals surface area contributed by atoms with Crippen molar-refractivity contribution in [1.82, 2.24) is 29.7 Å². The first-order chi connectivity index (χ1) is 26.8. The van der Waals surface area contributed by atoms with Crippen LogP contribution in [0.4, 0.5) is 11.6 Å². The van der Waals surface area contributed by atoms with Crippen LogP contribution in [-0.4, -0.2) is 105 Å². The molecule has 294 valence electrons. The zero-order valence-corrected chi connectivity index (χ0v) is 34.3. The Labute approximate surface area is 332 Å². The maximum atomic E-state index is 12.8. The minimum absolute atomic E-state index is 0.0765. The molecule has 6 aliphatic rings. The second kappa shape index (κ2) is 15.8. The van der Waals surface area contributed by atoms with Gasteiger partial charge in [-0.15, -0.1) is 22.7 Å². The number of hydrogen-bond acceptors (Lipinski definition) is 11. The highest BCUT2D eigenvalue weighted by Crippen LogP contribution is 2.43. The molecule has 0 aromatic carbocycles. The summed E-state index contributed by atoms with van der Waals surface area (Å²) in [6.07, 6.45) is 19.7. The normalized spacial score (nSPS) is 20.2. The number of carbonyl (C=O) groups is 2. The molecule has 0 spiro atoms. The number of aliphatic hydroxyl groups is 1. The Kier molecular flexibility index (Phi) is 10.7. The number of thiophene rings is 2. The van der Waals surface area contributed by atoms with Crippen LogP contribution < -0.4 is 9.80 Å². The lowest BCUT2D eigenvalue weighted by Gasteiger charge is -2.29. The quantitative estimate of drug-likeness (QED) is 0.216. The summed E-state index contributed by atoms with van der Waals surface area (Å²) in [5, 5.41) is 12.2. The fraction of sp³-hybridized carbons (Fsp3) is 0.667. The van der Waals surface area contributed by atoms with Crippen molar-refractivity contribution in [2.75, 3.05) is 50.1 Å². The third kappa shape index (κ3) is 7.94. The molecule has 4 aromatic heterocycles. The lowest BCUT2D eigenvalue weighted by Crippen LogP contribution is -2.41. The molecule has 0 bridgehead atoms. The van der Waals surface area contributed by atoms with Crippen LogP contribution in [0.1, 0.15) is 116 Å². The molecular formula is C42H56N8O3S2. The van der Waals surface area contributed by atoms with Gasteiger partial charge in [-0.2, -0.15) is 0 Å². The van der Waals surface area contributed by atoms with E-state index in [1.165, 1.54) is 95.9 Å². The van der Waals surface area contributed by atoms with Crippen molar-refractivity contribution in [3.8, 4) is 0 Å². The average Bonchev–Trinajstić information content (AvgIpc) is 4.15. The fourth-order valence-electron chi connectivity index (χ4n) is 9.05. The van der Waals surface area contributed by atoms with Gasteiger partial charge in [-0.3, -0.25) is 9.59 Å². The van der Waals surface area contributed by atoms with Crippen LogP contribution in [0.5, 0.6) is 0 Å². The molecule has 2 saturated heterocycles. The highest BCUT2D eigenvalue weighted by Gasteiger charge is 2.33. The van der Waals surface area contributed by atoms with Gasteiger partial charge >= 0.3 is 0 Å². The number of rotatable bonds is 8. The summed E-state index contributed by atoms with van der Waals surface area (Å²) in [7, 11) is 4.31. The lowest BCUT2D eigenvalue weighted by atomic mass is 9.97. The number of anilines is 2. The summed E-state index contributed by atoms with van der Waals surface area (Å²) < 4.78 is 0. The number of piperidine rings is 2. The van der Waals surface area contributed by atoms with Gasteiger partial charge < -0.3 is 24.7 Å². The van der Waals surface area contributed by atoms with Gasteiger partial charge in [-0.25, -0.2) is 19.9 Å². The summed E-state index contributed by atoms with van der Waals surface area (Å²) in [6.45, 7) is 3.04. The van der Waals surface area contributed by atoms with E-state index in [1.807, 2.05) is 21.1 Å². The predicted octanol–water partition coefficient (Wildman–Crippen LogP) is 6.42. The number of likely N-dealkylation sites (tertiary alicyclic amines) is 2. The van der Waals surface area contributed by atoms with Gasteiger partial charge in [-0.1, -0.05) is 0 Å². The monoisotopic (exact) mass is 784 g/mol. The first-order valence-corrected chi connectivity index (χ1v) is 22.8. The smallest absolute Gasteiger partial charge is 0.230 e. The molecular weight excluding hydrogens is 729 g/mol. The first kappa shape index (κ1) is 37.2. The maximum absolute atomic E-state index is 12.8. The van der Waals surface area contributed by atoms with Crippen molar-refractivity contribution in [3.63, 3.8) is 0 Å². The summed E-state index contributed by atoms with van der Waals surface area (Å²) in [4.78, 5) is 58.8. The Morgan fingerprint density at radius 1 is 0.600 bits per heavy atom. The van der Waals surface area contributed by atoms with Crippen molar-refractivity contribution in [1.29, 1.82) is 0 Å². The summed E-state index contributed by atoms with van der Waals surface area (Å²) >= 11 is 3.64. The predicted molar refractivity (Wildman–Crippen MR) is 221 cm³/mol. The number of nitrogens with zero attached hydrogens (tertiary/aromatic N) is 8. The molecule has 4 fully saturated rings. The van der Waals surface area contributed by atoms with E-state index < -0.39 is 0 Å². The fourth-order valence-corrected chi connectivity index (χ4v) is 11.6. The van der Waals surface area contributed by atoms with E-state index in [1.54, 1.807) is 11.3 Å². The SMILES string of the molecule is CN(c1nc(CC(=O)N2CCC(O)CC2)nc2sc3c(c12)CCCC3)C1CC1.CN(c1nc(CC(=O)N2CCCCC2)nc2sc3c(c12)CCCC3)C1CC1. The van der Waals surface area contributed by atoms with E-state index in [4.69, 9.17) is 19.9 Å². The zero-order chi connectivity index (χ0) is 37.6. The third-order valence-corrected chi connectivity index (χ3v) is 15.1. The van der Waals surface area contributed by atoms with E-state index in [2.05, 4.69) is 23.9 Å². The van der Waals surface area contributed by atoms with Gasteiger partial charge in [0.25, 0.3) is 0 Å². The summed E-state index contributed by atoms with van der Waals surface area (Å²) in [6, 6.07) is 1.18. The van der Waals surface area contributed by atoms with Crippen LogP contribution in [0.15, 0.2) is 0 Å². The number of aromatic nitrogens is 4. The van der Waals surface area contributed by atoms with Gasteiger partial charge in [-0.05, 0) is 120 Å². The van der Waals surface area contributed by atoms with Gasteiger partial charge in [0.15, 0.2) is 0 Å². The zero-order valence-electron chi connectivity index (χ0n) is 32.7. The number of carbonyl (C=O) groups excluding carboxylic acids is 2. The number of aliphatic hydroxyl groups excluding tert-OH is 1. The van der Waals surface area contributed by atoms with Gasteiger partial charge in [0, 0.05) is 62.1 Å². The minimum Gasteiger partial charge on any atom is -0.393 e. The first-order valence-electron chi connectivity index (χ1n) is 21.1. The van der Waals surface area contributed by atoms with Crippen LogP contribution >= 0.6 is 22.7 Å². The van der Waals surface area contributed by atoms with Crippen molar-refractivity contribution < 1.29 is 14.7 Å². The minimum atomic E-state index is -0.270. The molecule has 2 amide bonds. The van der Waals surface area contributed by atoms with Gasteiger partial charge in [0.2, 0.25) is 11.8 Å². The molecule has 4 aromatic rings. The maximum Gasteiger partial charge on any atom is 0.230 e. The molecule has 55 heavy (non-hydrogen) atoms. The van der Waals surface area contributed by atoms with Crippen molar-refractivity contribution in [2.24, 2.45) is 0 Å². The molecule has 6 heterocycles. The Bertz CT molecular complexity index is 2060. The summed E-state index contributed by atoms with van der Waals surface area (Å²) in [5.41, 5.74) is 2.94. The van der Waals surface area contributed by atoms with Crippen molar-refractivity contribution in [3.05, 3.63) is 32.5 Å². The number of amides is 2. The standard InChI is InChI=1S/C21H28N4O2S.C21H28N4OS/c1-24(13-6-7-13)20-19-15-4-2-3-5-16(15)28-21(19)23-17(22-20)12-18(27)25-10-8-14(26)9-11-25;1-24(14-9-10-14)20-19-15-7-3-4-8-16(15)27-21(19)23-17(22-20)13-18(26)25-11-5-2-6-12-25/h13-14,26H,2-12H2,1H3;14H,2-13H2,1H3. The molecule has 11 nitrogen and oxygen atoms in total. The Hall–Kier alpha value is -3.42. The molecule has 0 atom stereocenters. The van der Waals surface area contributed by atoms with E-state index in [9.17, 15) is 14.7 Å². The van der Waals surface area contributed by atoms with Crippen LogP contribution in [0.3, 0.4) is 0 Å². The van der Waals surface area contributed by atoms with E-state index in [0.717, 1.165) is 66.5 Å². The van der Waals surface area contributed by atoms with Crippen LogP contribution in [-0.2, 0) is 48.1 Å². The van der Waals surface area contributed by atoms with E-state index in [0.29, 0.717) is 56.1 Å². The third-order valence-electron chi connectivity index (χ3n) is 12.7. The van der Waals surface area contributed by atoms with Crippen LogP contribution in [0, 0.1) is 0 Å². The van der Waals surface area contributed by atoms with Crippen molar-refractivity contribution in [2.45, 2.75) is 140 Å². The van der Waals surface area contributed by atoms with Crippen molar-refractivity contribution >= 4 is 66.6 Å². The number of fused-ring (bicyclic) bond motifs is 6. The highest BCUT2D eigenvalue weighted by atomic mass is 32.1. The molecule has 2 saturated carbocycles. The van der Waals surface area contributed by atoms with E-state index >= 15 is 0 Å². The Balaban J connectivity index is 0.000000144. The molecule has 13 heteroatoms. The topological polar surface area (TPSA) is 119 Å². The van der Waals surface area contributed by atoms with Crippen LogP contribution in [0.25, 0.3) is 20.4 Å². The number of hydrogen-bond donors (Lipinski definition) is 1. The molecule has 0 radical (unpaired) electrons. The second-order valence-electron chi connectivity index (χ2n) is 16.8. The number of aryl methyl sites for hydroxylation is 4. The highest BCUT2D eigenvalue weighted by molar-refractivity contribution is 7.19. The molecule has 1 N–H and O–H groups in total.